The van der Waals surface area contributed by atoms with E-state index < -0.39 is 56.9 Å². The van der Waals surface area contributed by atoms with E-state index in [4.69, 9.17) is 0 Å². The summed E-state index contributed by atoms with van der Waals surface area (Å²) in [5.41, 5.74) is 4.46. The van der Waals surface area contributed by atoms with E-state index in [0.717, 1.165) is 49.7 Å². The molecular formula is C62H84N10O8S. The normalized spacial score (nSPS) is 21.1. The summed E-state index contributed by atoms with van der Waals surface area (Å²) in [7, 11) is -0.686. The number of benzene rings is 4. The van der Waals surface area contributed by atoms with Crippen molar-refractivity contribution in [1.82, 2.24) is 41.7 Å². The van der Waals surface area contributed by atoms with E-state index in [1.807, 2.05) is 87.7 Å². The van der Waals surface area contributed by atoms with Crippen LogP contribution >= 0.6 is 0 Å². The SMILES string of the molecule is CN[C@@H](C)C(=O)N[C@H](C(=O)N1CCN(c2ccc(S(=O)(=O)c3ccc(N4CCN(C(=O)[C@@H](NC(=O)[C@H](C)NC)C(C)(C)C)[C@H](C(=O)N[C@@H]5CCCc6ccccc65)C4)cc3)cc2)C[C@H]1C(=O)N[C@@H]1CCCc2ccccc21)C(C)(C)C. The Morgan fingerprint density at radius 3 is 1.22 bits per heavy atom. The Morgan fingerprint density at radius 1 is 0.519 bits per heavy atom. The lowest BCUT2D eigenvalue weighted by atomic mass is 9.85. The first kappa shape index (κ1) is 60.3. The maximum Gasteiger partial charge on any atom is 0.246 e. The Kier molecular flexibility index (Phi) is 18.7. The van der Waals surface area contributed by atoms with Crippen LogP contribution in [0.5, 0.6) is 0 Å². The lowest BCUT2D eigenvalue weighted by Gasteiger charge is -2.45. The number of likely N-dealkylation sites (N-methyl/N-ethyl adjacent to an activating group) is 2. The second kappa shape index (κ2) is 25.1. The van der Waals surface area contributed by atoms with Gasteiger partial charge in [-0.2, -0.15) is 0 Å². The van der Waals surface area contributed by atoms with Crippen LogP contribution in [0.15, 0.2) is 107 Å². The topological polar surface area (TPSA) is 222 Å². The molecule has 18 nitrogen and oxygen atoms in total. The van der Waals surface area contributed by atoms with Gasteiger partial charge in [0.25, 0.3) is 0 Å². The fourth-order valence-corrected chi connectivity index (χ4v) is 12.8. The van der Waals surface area contributed by atoms with E-state index in [2.05, 4.69) is 44.0 Å². The zero-order chi connectivity index (χ0) is 58.6. The molecule has 8 rings (SSSR count). The Labute approximate surface area is 478 Å². The summed E-state index contributed by atoms with van der Waals surface area (Å²) in [5, 5.41) is 18.4. The summed E-state index contributed by atoms with van der Waals surface area (Å²) < 4.78 is 28.7. The molecule has 4 aromatic carbocycles. The molecule has 6 N–H and O–H groups in total. The van der Waals surface area contributed by atoms with Gasteiger partial charge in [-0.05, 0) is 148 Å². The van der Waals surface area contributed by atoms with Gasteiger partial charge < -0.3 is 51.5 Å². The Morgan fingerprint density at radius 2 is 0.877 bits per heavy atom. The van der Waals surface area contributed by atoms with Crippen molar-refractivity contribution in [2.75, 3.05) is 63.2 Å². The number of rotatable bonds is 16. The standard InChI is InChI=1S/C62H84N10O8S/c1-39(63-9)55(73)67-53(61(3,4)5)59(77)71-35-33-69(37-51(71)57(75)65-49-23-15-19-41-17-11-13-21-47(41)49)43-25-29-45(30-26-43)81(79,80)46-31-27-44(28-32-46)70-34-36-72(60(78)54(62(6,7)8)68-56(74)40(2)64-10)52(38-70)58(76)66-50-24-16-20-42-18-12-14-22-48(42)50/h11-14,17-18,21-22,25-32,39-40,49-54,63-64H,15-16,19-20,23-24,33-38H2,1-10H3,(H,65,75)(H,66,76)(H,67,73)(H,68,74)/t39-,40-,49+,50+,51-,52-,53+,54+/m0/s1. The molecule has 4 aliphatic rings. The number of hydrogen-bond acceptors (Lipinski definition) is 12. The van der Waals surface area contributed by atoms with Gasteiger partial charge in [0.2, 0.25) is 45.3 Å². The predicted octanol–water partition coefficient (Wildman–Crippen LogP) is 5.22. The Bertz CT molecular complexity index is 2850. The molecule has 4 aromatic rings. The first-order valence-electron chi connectivity index (χ1n) is 28.7. The number of hydrogen-bond donors (Lipinski definition) is 6. The van der Waals surface area contributed by atoms with Crippen molar-refractivity contribution in [2.24, 2.45) is 10.8 Å². The van der Waals surface area contributed by atoms with Gasteiger partial charge in [0, 0.05) is 50.6 Å². The van der Waals surface area contributed by atoms with Crippen LogP contribution in [-0.2, 0) is 51.4 Å². The molecule has 81 heavy (non-hydrogen) atoms. The van der Waals surface area contributed by atoms with E-state index in [-0.39, 0.29) is 83.5 Å². The number of carbonyl (C=O) groups is 6. The van der Waals surface area contributed by atoms with Crippen LogP contribution in [0.25, 0.3) is 0 Å². The van der Waals surface area contributed by atoms with Gasteiger partial charge in [-0.25, -0.2) is 8.42 Å². The van der Waals surface area contributed by atoms with E-state index in [9.17, 15) is 37.2 Å². The molecule has 0 radical (unpaired) electrons. The van der Waals surface area contributed by atoms with Crippen molar-refractivity contribution < 1.29 is 37.2 Å². The zero-order valence-corrected chi connectivity index (χ0v) is 49.6. The lowest BCUT2D eigenvalue weighted by Crippen LogP contribution is -2.66. The quantitative estimate of drug-likeness (QED) is 0.0851. The van der Waals surface area contributed by atoms with E-state index in [0.29, 0.717) is 24.5 Å². The average molecular weight is 1130 g/mol. The number of carbonyl (C=O) groups excluding carboxylic acids is 6. The number of fused-ring (bicyclic) bond motifs is 2. The molecule has 2 heterocycles. The number of piperazine rings is 2. The summed E-state index contributed by atoms with van der Waals surface area (Å²) in [5.74, 6) is -1.99. The smallest absolute Gasteiger partial charge is 0.246 e. The molecule has 0 unspecified atom stereocenters. The maximum atomic E-state index is 14.7. The molecule has 0 spiro atoms. The minimum atomic E-state index is -4.04. The number of sulfone groups is 1. The van der Waals surface area contributed by atoms with Crippen molar-refractivity contribution >= 4 is 56.7 Å². The first-order valence-corrected chi connectivity index (χ1v) is 30.2. The minimum Gasteiger partial charge on any atom is -0.367 e. The molecule has 2 fully saturated rings. The van der Waals surface area contributed by atoms with Gasteiger partial charge in [-0.3, -0.25) is 28.8 Å². The highest BCUT2D eigenvalue weighted by molar-refractivity contribution is 7.91. The number of nitrogens with zero attached hydrogens (tertiary/aromatic N) is 4. The van der Waals surface area contributed by atoms with Crippen molar-refractivity contribution in [3.63, 3.8) is 0 Å². The number of aryl methyl sites for hydroxylation is 2. The molecule has 2 aliphatic heterocycles. The van der Waals surface area contributed by atoms with E-state index in [1.165, 1.54) is 11.1 Å². The summed E-state index contributed by atoms with van der Waals surface area (Å²) >= 11 is 0. The largest absolute Gasteiger partial charge is 0.367 e. The lowest BCUT2D eigenvalue weighted by molar-refractivity contribution is -0.146. The second-order valence-corrected chi connectivity index (χ2v) is 26.4. The third-order valence-electron chi connectivity index (χ3n) is 16.8. The van der Waals surface area contributed by atoms with Gasteiger partial charge >= 0.3 is 0 Å². The van der Waals surface area contributed by atoms with Crippen LogP contribution in [0.4, 0.5) is 11.4 Å². The highest BCUT2D eigenvalue weighted by Crippen LogP contribution is 2.34. The maximum absolute atomic E-state index is 14.7. The summed E-state index contributed by atoms with van der Waals surface area (Å²) in [6, 6.07) is 23.9. The van der Waals surface area contributed by atoms with Gasteiger partial charge in [-0.15, -0.1) is 0 Å². The first-order chi connectivity index (χ1) is 38.4. The van der Waals surface area contributed by atoms with Crippen LogP contribution in [0, 0.1) is 10.8 Å². The third kappa shape index (κ3) is 13.6. The third-order valence-corrected chi connectivity index (χ3v) is 18.6. The molecule has 19 heteroatoms. The number of nitrogens with one attached hydrogen (secondary N) is 6. The van der Waals surface area contributed by atoms with Crippen LogP contribution < -0.4 is 41.7 Å². The molecule has 8 atom stereocenters. The summed E-state index contributed by atoms with van der Waals surface area (Å²) in [6.07, 6.45) is 5.14. The fraction of sp³-hybridized carbons (Fsp3) is 0.516. The van der Waals surface area contributed by atoms with Crippen LogP contribution in [-0.4, -0.2) is 143 Å². The molecule has 2 aliphatic carbocycles. The number of amides is 6. The molecule has 2 saturated heterocycles. The molecule has 6 amide bonds. The monoisotopic (exact) mass is 1130 g/mol. The van der Waals surface area contributed by atoms with Crippen molar-refractivity contribution in [1.29, 1.82) is 0 Å². The molecule has 436 valence electrons. The highest BCUT2D eigenvalue weighted by Gasteiger charge is 2.45. The van der Waals surface area contributed by atoms with Gasteiger partial charge in [0.05, 0.1) is 34.0 Å². The number of anilines is 2. The Hall–Kier alpha value is -6.83. The predicted molar refractivity (Wildman–Crippen MR) is 314 cm³/mol. The zero-order valence-electron chi connectivity index (χ0n) is 48.8. The molecular weight excluding hydrogens is 1040 g/mol. The van der Waals surface area contributed by atoms with E-state index in [1.54, 1.807) is 86.3 Å². The van der Waals surface area contributed by atoms with Crippen LogP contribution in [0.2, 0.25) is 0 Å². The van der Waals surface area contributed by atoms with Crippen molar-refractivity contribution in [2.45, 2.75) is 152 Å². The molecule has 0 saturated carbocycles. The highest BCUT2D eigenvalue weighted by atomic mass is 32.2. The van der Waals surface area contributed by atoms with Crippen LogP contribution in [0.3, 0.4) is 0 Å². The van der Waals surface area contributed by atoms with E-state index >= 15 is 0 Å². The fourth-order valence-electron chi connectivity index (χ4n) is 11.6. The summed E-state index contributed by atoms with van der Waals surface area (Å²) in [4.78, 5) is 92.4. The molecule has 0 bridgehead atoms. The van der Waals surface area contributed by atoms with Gasteiger partial charge in [-0.1, -0.05) is 90.1 Å². The van der Waals surface area contributed by atoms with Gasteiger partial charge in [0.15, 0.2) is 0 Å². The second-order valence-electron chi connectivity index (χ2n) is 24.4. The minimum absolute atomic E-state index is 0.0652. The van der Waals surface area contributed by atoms with Crippen molar-refractivity contribution in [3.05, 3.63) is 119 Å². The molecule has 0 aromatic heterocycles. The average Bonchev–Trinajstić information content (AvgIpc) is 3.52. The van der Waals surface area contributed by atoms with Crippen molar-refractivity contribution in [3.8, 4) is 0 Å². The Balaban J connectivity index is 1.00. The van der Waals surface area contributed by atoms with Gasteiger partial charge in [0.1, 0.15) is 24.2 Å². The summed E-state index contributed by atoms with van der Waals surface area (Å²) in [6.45, 7) is 16.0. The van der Waals surface area contributed by atoms with Crippen LogP contribution in [0.1, 0.15) is 115 Å².